The van der Waals surface area contributed by atoms with Gasteiger partial charge in [0.15, 0.2) is 5.79 Å². The van der Waals surface area contributed by atoms with Gasteiger partial charge < -0.3 is 20.5 Å². The van der Waals surface area contributed by atoms with Crippen LogP contribution in [0, 0.1) is 45.8 Å². The highest BCUT2D eigenvalue weighted by Crippen LogP contribution is 2.74. The van der Waals surface area contributed by atoms with E-state index in [1.165, 1.54) is 57.8 Å². The highest BCUT2D eigenvalue weighted by molar-refractivity contribution is 5.19. The summed E-state index contributed by atoms with van der Waals surface area (Å²) in [4.78, 5) is 0. The molecular formula is C28H48N2O2. The van der Waals surface area contributed by atoms with Crippen LogP contribution in [0.1, 0.15) is 91.9 Å². The van der Waals surface area contributed by atoms with E-state index in [9.17, 15) is 0 Å². The molecule has 2 heterocycles. The third kappa shape index (κ3) is 2.76. The van der Waals surface area contributed by atoms with Gasteiger partial charge in [-0.3, -0.25) is 0 Å². The fraction of sp³-hybridized carbons (Fsp3) is 1.00. The van der Waals surface area contributed by atoms with Crippen molar-refractivity contribution >= 4 is 0 Å². The Morgan fingerprint density at radius 3 is 2.50 bits per heavy atom. The number of methoxy groups -OCH3 is 1. The highest BCUT2D eigenvalue weighted by atomic mass is 16.7. The molecule has 2 saturated heterocycles. The minimum Gasteiger partial charge on any atom is -0.352 e. The summed E-state index contributed by atoms with van der Waals surface area (Å²) in [5.41, 5.74) is 7.72. The van der Waals surface area contributed by atoms with Gasteiger partial charge in [0.1, 0.15) is 0 Å². The van der Waals surface area contributed by atoms with Crippen LogP contribution in [0.2, 0.25) is 0 Å². The maximum absolute atomic E-state index is 7.07. The number of nitrogens with two attached hydrogens (primary N) is 1. The molecular weight excluding hydrogens is 396 g/mol. The molecule has 0 aromatic rings. The molecule has 0 aromatic heterocycles. The minimum atomic E-state index is -0.415. The lowest BCUT2D eigenvalue weighted by molar-refractivity contribution is -0.309. The zero-order valence-electron chi connectivity index (χ0n) is 21.3. The summed E-state index contributed by atoms with van der Waals surface area (Å²) in [5.74, 6) is 3.43. The summed E-state index contributed by atoms with van der Waals surface area (Å²) in [7, 11) is 1.88. The average Bonchev–Trinajstić information content (AvgIpc) is 2.98. The Hall–Kier alpha value is -0.160. The van der Waals surface area contributed by atoms with Crippen molar-refractivity contribution in [3.8, 4) is 0 Å². The van der Waals surface area contributed by atoms with E-state index in [1.54, 1.807) is 0 Å². The van der Waals surface area contributed by atoms with Crippen LogP contribution < -0.4 is 11.1 Å². The van der Waals surface area contributed by atoms with Gasteiger partial charge in [0.25, 0.3) is 0 Å². The Labute approximate surface area is 196 Å². The van der Waals surface area contributed by atoms with Crippen LogP contribution in [-0.4, -0.2) is 37.6 Å². The predicted octanol–water partition coefficient (Wildman–Crippen LogP) is 5.10. The third-order valence-electron chi connectivity index (χ3n) is 12.8. The van der Waals surface area contributed by atoms with E-state index in [-0.39, 0.29) is 0 Å². The molecule has 32 heavy (non-hydrogen) atoms. The van der Waals surface area contributed by atoms with E-state index < -0.39 is 5.79 Å². The van der Waals surface area contributed by atoms with Crippen LogP contribution in [0.5, 0.6) is 0 Å². The van der Waals surface area contributed by atoms with Gasteiger partial charge in [-0.15, -0.1) is 0 Å². The van der Waals surface area contributed by atoms with E-state index in [0.717, 1.165) is 30.7 Å². The molecule has 4 aliphatic carbocycles. The highest BCUT2D eigenvalue weighted by Gasteiger charge is 2.70. The van der Waals surface area contributed by atoms with Gasteiger partial charge in [-0.2, -0.15) is 0 Å². The van der Waals surface area contributed by atoms with Crippen molar-refractivity contribution in [3.63, 3.8) is 0 Å². The quantitative estimate of drug-likeness (QED) is 0.591. The lowest BCUT2D eigenvalue weighted by atomic mass is 9.40. The summed E-state index contributed by atoms with van der Waals surface area (Å²) in [6.07, 6.45) is 13.3. The van der Waals surface area contributed by atoms with Crippen LogP contribution in [0.4, 0.5) is 0 Å². The Morgan fingerprint density at radius 2 is 1.72 bits per heavy atom. The van der Waals surface area contributed by atoms with Crippen LogP contribution in [0.3, 0.4) is 0 Å². The first-order chi connectivity index (χ1) is 15.2. The van der Waals surface area contributed by atoms with Crippen molar-refractivity contribution in [1.82, 2.24) is 5.32 Å². The van der Waals surface area contributed by atoms with E-state index in [2.05, 4.69) is 33.0 Å². The standard InChI is InChI=1S/C28H48N2O2/c1-17-14-28(31-5)24(30-16-17)13-22-23(32-28)15-27(4)21-7-6-18-12-19(29)8-10-25(18,2)20(21)9-11-26(22,27)3/h17-24,30H,6-16,29H2,1-5H3/t17-,18+,19+,20+,21-,22+,23-,24-,25+,26-,27+,28+/m1/s1. The summed E-state index contributed by atoms with van der Waals surface area (Å²) in [6, 6.07) is 0.787. The lowest BCUT2D eigenvalue weighted by Crippen LogP contribution is -2.65. The smallest absolute Gasteiger partial charge is 0.183 e. The van der Waals surface area contributed by atoms with Crippen LogP contribution in [0.15, 0.2) is 0 Å². The molecule has 0 amide bonds. The SMILES string of the molecule is CO[C@]12C[C@@H](C)CN[C@@H]1C[C@H]1[C@@H](C[C@@]3(C)[C@@H]4CC[C@H]5C[C@@H](N)CC[C@]5(C)[C@H]4CC[C@]13C)O2. The van der Waals surface area contributed by atoms with E-state index in [0.29, 0.717) is 46.3 Å². The van der Waals surface area contributed by atoms with Gasteiger partial charge in [-0.1, -0.05) is 27.7 Å². The molecule has 0 aromatic carbocycles. The average molecular weight is 445 g/mol. The van der Waals surface area contributed by atoms with Crippen molar-refractivity contribution in [2.75, 3.05) is 13.7 Å². The van der Waals surface area contributed by atoms with Gasteiger partial charge >= 0.3 is 0 Å². The molecule has 0 radical (unpaired) electrons. The summed E-state index contributed by atoms with van der Waals surface area (Å²) in [6.45, 7) is 11.4. The van der Waals surface area contributed by atoms with Crippen molar-refractivity contribution in [2.24, 2.45) is 51.6 Å². The Morgan fingerprint density at radius 1 is 0.906 bits per heavy atom. The molecule has 12 atom stereocenters. The maximum Gasteiger partial charge on any atom is 0.183 e. The minimum absolute atomic E-state index is 0.343. The van der Waals surface area contributed by atoms with E-state index in [4.69, 9.17) is 15.2 Å². The molecule has 4 saturated carbocycles. The molecule has 0 bridgehead atoms. The van der Waals surface area contributed by atoms with Crippen LogP contribution in [0.25, 0.3) is 0 Å². The first-order valence-electron chi connectivity index (χ1n) is 13.9. The Balaban J connectivity index is 1.32. The number of nitrogens with one attached hydrogen (secondary N) is 1. The second-order valence-electron chi connectivity index (χ2n) is 13.9. The topological polar surface area (TPSA) is 56.5 Å². The molecule has 6 aliphatic rings. The summed E-state index contributed by atoms with van der Waals surface area (Å²) in [5, 5.41) is 3.84. The molecule has 6 fully saturated rings. The van der Waals surface area contributed by atoms with Crippen LogP contribution in [-0.2, 0) is 9.47 Å². The van der Waals surface area contributed by atoms with E-state index in [1.807, 2.05) is 7.11 Å². The Kier molecular flexibility index (Phi) is 5.01. The Bertz CT molecular complexity index is 760. The van der Waals surface area contributed by atoms with Crippen molar-refractivity contribution < 1.29 is 9.47 Å². The zero-order valence-corrected chi connectivity index (χ0v) is 21.3. The number of fused-ring (bicyclic) bond motifs is 8. The molecule has 0 spiro atoms. The second kappa shape index (κ2) is 7.18. The normalized spacial score (nSPS) is 61.7. The summed E-state index contributed by atoms with van der Waals surface area (Å²) >= 11 is 0. The summed E-state index contributed by atoms with van der Waals surface area (Å²) < 4.78 is 13.3. The molecule has 182 valence electrons. The molecule has 3 N–H and O–H groups in total. The lowest BCUT2D eigenvalue weighted by Gasteiger charge is -2.65. The number of hydrogen-bond donors (Lipinski definition) is 2. The van der Waals surface area contributed by atoms with Gasteiger partial charge in [-0.05, 0) is 110 Å². The van der Waals surface area contributed by atoms with Gasteiger partial charge in [0.05, 0.1) is 12.1 Å². The third-order valence-corrected chi connectivity index (χ3v) is 12.8. The van der Waals surface area contributed by atoms with Crippen molar-refractivity contribution in [1.29, 1.82) is 0 Å². The van der Waals surface area contributed by atoms with Crippen molar-refractivity contribution in [3.05, 3.63) is 0 Å². The number of hydrogen-bond acceptors (Lipinski definition) is 4. The zero-order chi connectivity index (χ0) is 22.5. The molecule has 4 nitrogen and oxygen atoms in total. The monoisotopic (exact) mass is 444 g/mol. The first kappa shape index (κ1) is 22.3. The van der Waals surface area contributed by atoms with Gasteiger partial charge in [-0.25, -0.2) is 0 Å². The number of ether oxygens (including phenoxy) is 2. The maximum atomic E-state index is 7.07. The fourth-order valence-electron chi connectivity index (χ4n) is 10.8. The van der Waals surface area contributed by atoms with Gasteiger partial charge in [0.2, 0.25) is 0 Å². The number of piperidine rings is 1. The largest absolute Gasteiger partial charge is 0.352 e. The van der Waals surface area contributed by atoms with Crippen LogP contribution >= 0.6 is 0 Å². The molecule has 0 unspecified atom stereocenters. The second-order valence-corrected chi connectivity index (χ2v) is 13.9. The first-order valence-corrected chi connectivity index (χ1v) is 13.9. The van der Waals surface area contributed by atoms with E-state index >= 15 is 0 Å². The molecule has 2 aliphatic heterocycles. The molecule has 4 heteroatoms. The predicted molar refractivity (Wildman–Crippen MR) is 128 cm³/mol. The number of rotatable bonds is 1. The van der Waals surface area contributed by atoms with Crippen molar-refractivity contribution in [2.45, 2.75) is 116 Å². The van der Waals surface area contributed by atoms with Gasteiger partial charge in [0, 0.05) is 19.6 Å². The fourth-order valence-corrected chi connectivity index (χ4v) is 10.8. The molecule has 6 rings (SSSR count).